The van der Waals surface area contributed by atoms with Crippen LogP contribution >= 0.6 is 33.9 Å². The van der Waals surface area contributed by atoms with Crippen molar-refractivity contribution in [3.63, 3.8) is 0 Å². The second-order valence-corrected chi connectivity index (χ2v) is 5.84. The first-order valence-corrected chi connectivity index (χ1v) is 6.14. The summed E-state index contributed by atoms with van der Waals surface area (Å²) in [4.78, 5) is 7.99. The number of aromatic nitrogens is 1. The minimum Gasteiger partial charge on any atom is -0.379 e. The molecule has 0 amide bonds. The van der Waals surface area contributed by atoms with Gasteiger partial charge in [0.15, 0.2) is 3.01 Å². The number of rotatable bonds is 2. The van der Waals surface area contributed by atoms with E-state index in [4.69, 9.17) is 4.74 Å². The zero-order valence-corrected chi connectivity index (χ0v) is 10.2. The number of ether oxygens (including phenoxy) is 1. The maximum absolute atomic E-state index is 5.29. The predicted molar refractivity (Wildman–Crippen MR) is 60.9 cm³/mol. The third-order valence-corrected chi connectivity index (χ3v) is 3.72. The van der Waals surface area contributed by atoms with E-state index in [9.17, 15) is 0 Å². The van der Waals surface area contributed by atoms with Crippen LogP contribution in [0.1, 0.15) is 4.88 Å². The molecule has 13 heavy (non-hydrogen) atoms. The highest BCUT2D eigenvalue weighted by atomic mass is 127. The third kappa shape index (κ3) is 2.87. The van der Waals surface area contributed by atoms with Gasteiger partial charge in [-0.25, -0.2) is 4.98 Å². The predicted octanol–water partition coefficient (Wildman–Crippen LogP) is 1.58. The van der Waals surface area contributed by atoms with Gasteiger partial charge in [-0.1, -0.05) is 0 Å². The smallest absolute Gasteiger partial charge is 0.154 e. The molecule has 1 aromatic heterocycles. The Morgan fingerprint density at radius 3 is 2.92 bits per heavy atom. The molecule has 5 heteroatoms. The van der Waals surface area contributed by atoms with Crippen LogP contribution in [0, 0.1) is 3.01 Å². The van der Waals surface area contributed by atoms with Crippen molar-refractivity contribution in [1.82, 2.24) is 9.88 Å². The summed E-state index contributed by atoms with van der Waals surface area (Å²) in [6.45, 7) is 4.87. The normalized spacial score (nSPS) is 19.2. The molecular weight excluding hydrogens is 299 g/mol. The van der Waals surface area contributed by atoms with E-state index < -0.39 is 0 Å². The first-order chi connectivity index (χ1) is 6.34. The van der Waals surface area contributed by atoms with Crippen LogP contribution in [0.2, 0.25) is 0 Å². The van der Waals surface area contributed by atoms with Gasteiger partial charge in [0.1, 0.15) is 0 Å². The van der Waals surface area contributed by atoms with Gasteiger partial charge in [0, 0.05) is 30.7 Å². The van der Waals surface area contributed by atoms with Crippen LogP contribution in [0.25, 0.3) is 0 Å². The molecule has 72 valence electrons. The number of halogens is 1. The van der Waals surface area contributed by atoms with E-state index in [0.717, 1.165) is 35.9 Å². The quantitative estimate of drug-likeness (QED) is 0.776. The maximum atomic E-state index is 5.29. The molecule has 2 heterocycles. The zero-order chi connectivity index (χ0) is 9.10. The SMILES string of the molecule is Ic1ncc(CN2CCOCC2)s1. The monoisotopic (exact) mass is 310 g/mol. The molecule has 1 aliphatic heterocycles. The van der Waals surface area contributed by atoms with Gasteiger partial charge >= 0.3 is 0 Å². The van der Waals surface area contributed by atoms with Gasteiger partial charge in [-0.2, -0.15) is 0 Å². The lowest BCUT2D eigenvalue weighted by Crippen LogP contribution is -2.35. The second kappa shape index (κ2) is 4.68. The van der Waals surface area contributed by atoms with Gasteiger partial charge in [-0.15, -0.1) is 11.3 Å². The highest BCUT2D eigenvalue weighted by Gasteiger charge is 2.11. The molecule has 0 atom stereocenters. The van der Waals surface area contributed by atoms with Gasteiger partial charge in [-0.3, -0.25) is 4.90 Å². The number of hydrogen-bond donors (Lipinski definition) is 0. The molecule has 0 aliphatic carbocycles. The van der Waals surface area contributed by atoms with Gasteiger partial charge in [0.2, 0.25) is 0 Å². The Morgan fingerprint density at radius 1 is 1.54 bits per heavy atom. The Hall–Kier alpha value is 0.280. The van der Waals surface area contributed by atoms with Crippen molar-refractivity contribution in [1.29, 1.82) is 0 Å². The van der Waals surface area contributed by atoms with Gasteiger partial charge in [0.05, 0.1) is 13.2 Å². The van der Waals surface area contributed by atoms with Crippen LogP contribution in [0.15, 0.2) is 6.20 Å². The molecule has 1 aromatic rings. The van der Waals surface area contributed by atoms with Crippen LogP contribution in [0.3, 0.4) is 0 Å². The molecule has 0 spiro atoms. The van der Waals surface area contributed by atoms with Crippen LogP contribution in [-0.2, 0) is 11.3 Å². The van der Waals surface area contributed by atoms with Crippen molar-refractivity contribution < 1.29 is 4.74 Å². The van der Waals surface area contributed by atoms with E-state index in [1.165, 1.54) is 4.88 Å². The van der Waals surface area contributed by atoms with E-state index in [0.29, 0.717) is 0 Å². The van der Waals surface area contributed by atoms with Crippen molar-refractivity contribution in [2.45, 2.75) is 6.54 Å². The van der Waals surface area contributed by atoms with Crippen molar-refractivity contribution in [3.05, 3.63) is 14.1 Å². The minimum atomic E-state index is 0.871. The van der Waals surface area contributed by atoms with E-state index in [-0.39, 0.29) is 0 Å². The summed E-state index contributed by atoms with van der Waals surface area (Å²) in [6.07, 6.45) is 1.97. The average molecular weight is 310 g/mol. The van der Waals surface area contributed by atoms with Crippen LogP contribution in [-0.4, -0.2) is 36.2 Å². The first kappa shape index (κ1) is 9.82. The molecule has 0 N–H and O–H groups in total. The topological polar surface area (TPSA) is 25.4 Å². The van der Waals surface area contributed by atoms with Crippen LogP contribution in [0.4, 0.5) is 0 Å². The molecule has 0 radical (unpaired) electrons. The number of nitrogens with zero attached hydrogens (tertiary/aromatic N) is 2. The van der Waals surface area contributed by atoms with Gasteiger partial charge in [-0.05, 0) is 22.6 Å². The average Bonchev–Trinajstić information content (AvgIpc) is 2.53. The molecule has 3 nitrogen and oxygen atoms in total. The summed E-state index contributed by atoms with van der Waals surface area (Å²) >= 11 is 4.03. The number of hydrogen-bond acceptors (Lipinski definition) is 4. The molecule has 0 bridgehead atoms. The summed E-state index contributed by atoms with van der Waals surface area (Å²) in [5.74, 6) is 0. The summed E-state index contributed by atoms with van der Waals surface area (Å²) in [7, 11) is 0. The van der Waals surface area contributed by atoms with Gasteiger partial charge in [0.25, 0.3) is 0 Å². The third-order valence-electron chi connectivity index (χ3n) is 2.01. The highest BCUT2D eigenvalue weighted by Crippen LogP contribution is 2.16. The summed E-state index contributed by atoms with van der Waals surface area (Å²) in [6, 6.07) is 0. The van der Waals surface area contributed by atoms with Crippen molar-refractivity contribution >= 4 is 33.9 Å². The van der Waals surface area contributed by atoms with E-state index >= 15 is 0 Å². The summed E-state index contributed by atoms with van der Waals surface area (Å²) in [5.41, 5.74) is 0. The Balaban J connectivity index is 1.89. The van der Waals surface area contributed by atoms with Crippen LogP contribution in [0.5, 0.6) is 0 Å². The lowest BCUT2D eigenvalue weighted by atomic mass is 10.4. The first-order valence-electron chi connectivity index (χ1n) is 4.25. The molecule has 1 saturated heterocycles. The fourth-order valence-corrected chi connectivity index (χ4v) is 3.00. The Morgan fingerprint density at radius 2 is 2.31 bits per heavy atom. The van der Waals surface area contributed by atoms with Crippen molar-refractivity contribution in [2.75, 3.05) is 26.3 Å². The number of thiazole rings is 1. The molecule has 0 unspecified atom stereocenters. The summed E-state index contributed by atoms with van der Waals surface area (Å²) in [5, 5.41) is 0. The Kier molecular flexibility index (Phi) is 3.53. The second-order valence-electron chi connectivity index (χ2n) is 2.97. The molecule has 0 aromatic carbocycles. The van der Waals surface area contributed by atoms with Crippen LogP contribution < -0.4 is 0 Å². The lowest BCUT2D eigenvalue weighted by molar-refractivity contribution is 0.0346. The Bertz CT molecular complexity index is 273. The molecular formula is C8H11IN2OS. The van der Waals surface area contributed by atoms with E-state index in [1.54, 1.807) is 11.3 Å². The lowest BCUT2D eigenvalue weighted by Gasteiger charge is -2.25. The van der Waals surface area contributed by atoms with E-state index in [2.05, 4.69) is 32.5 Å². The molecule has 0 saturated carbocycles. The van der Waals surface area contributed by atoms with E-state index in [1.807, 2.05) is 6.20 Å². The number of morpholine rings is 1. The largest absolute Gasteiger partial charge is 0.379 e. The fraction of sp³-hybridized carbons (Fsp3) is 0.625. The zero-order valence-electron chi connectivity index (χ0n) is 7.20. The van der Waals surface area contributed by atoms with Gasteiger partial charge < -0.3 is 4.74 Å². The standard InChI is InChI=1S/C8H11IN2OS/c9-8-10-5-7(13-8)6-11-1-3-12-4-2-11/h5H,1-4,6H2. The minimum absolute atomic E-state index is 0.871. The fourth-order valence-electron chi connectivity index (χ4n) is 1.34. The Labute approximate surface area is 95.2 Å². The maximum Gasteiger partial charge on any atom is 0.154 e. The van der Waals surface area contributed by atoms with Crippen molar-refractivity contribution in [3.8, 4) is 0 Å². The molecule has 1 fully saturated rings. The highest BCUT2D eigenvalue weighted by molar-refractivity contribution is 14.1. The summed E-state index contributed by atoms with van der Waals surface area (Å²) < 4.78 is 6.41. The molecule has 2 rings (SSSR count). The van der Waals surface area contributed by atoms with Crippen molar-refractivity contribution in [2.24, 2.45) is 0 Å². The molecule has 1 aliphatic rings.